The molecule has 0 radical (unpaired) electrons. The summed E-state index contributed by atoms with van der Waals surface area (Å²) in [5.74, 6) is 0. The first kappa shape index (κ1) is 10.7. The highest BCUT2D eigenvalue weighted by Gasteiger charge is 1.97. The van der Waals surface area contributed by atoms with E-state index in [0.717, 1.165) is 29.7 Å². The molecule has 0 aliphatic rings. The quantitative estimate of drug-likeness (QED) is 0.821. The van der Waals surface area contributed by atoms with Crippen LogP contribution in [0, 0.1) is 6.92 Å². The van der Waals surface area contributed by atoms with Gasteiger partial charge in [0.1, 0.15) is 0 Å². The van der Waals surface area contributed by atoms with Crippen molar-refractivity contribution in [2.75, 3.05) is 13.1 Å². The molecular formula is C10H15BrN2. The molecule has 0 aliphatic carbocycles. The lowest BCUT2D eigenvalue weighted by Gasteiger charge is -2.03. The minimum Gasteiger partial charge on any atom is -0.317 e. The molecule has 0 aliphatic heterocycles. The molecule has 0 saturated carbocycles. The van der Waals surface area contributed by atoms with Crippen molar-refractivity contribution in [2.45, 2.75) is 20.3 Å². The Morgan fingerprint density at radius 1 is 1.54 bits per heavy atom. The van der Waals surface area contributed by atoms with Crippen LogP contribution in [0.25, 0.3) is 0 Å². The van der Waals surface area contributed by atoms with E-state index < -0.39 is 0 Å². The van der Waals surface area contributed by atoms with E-state index in [4.69, 9.17) is 0 Å². The number of aryl methyl sites for hydroxylation is 1. The summed E-state index contributed by atoms with van der Waals surface area (Å²) in [5, 5.41) is 3.28. The first-order valence-corrected chi connectivity index (χ1v) is 5.35. The van der Waals surface area contributed by atoms with E-state index in [1.807, 2.05) is 6.20 Å². The first-order chi connectivity index (χ1) is 6.24. The van der Waals surface area contributed by atoms with E-state index >= 15 is 0 Å². The summed E-state index contributed by atoms with van der Waals surface area (Å²) < 4.78 is 1.08. The van der Waals surface area contributed by atoms with Crippen LogP contribution in [0.5, 0.6) is 0 Å². The second kappa shape index (κ2) is 5.35. The summed E-state index contributed by atoms with van der Waals surface area (Å²) in [6.45, 7) is 6.23. The van der Waals surface area contributed by atoms with Crippen molar-refractivity contribution in [3.8, 4) is 0 Å². The Morgan fingerprint density at radius 3 is 2.92 bits per heavy atom. The van der Waals surface area contributed by atoms with Gasteiger partial charge in [0.15, 0.2) is 0 Å². The van der Waals surface area contributed by atoms with Crippen LogP contribution in [0.4, 0.5) is 0 Å². The van der Waals surface area contributed by atoms with E-state index in [1.165, 1.54) is 5.56 Å². The normalized spacial score (nSPS) is 10.4. The molecule has 0 aromatic carbocycles. The summed E-state index contributed by atoms with van der Waals surface area (Å²) in [5.41, 5.74) is 2.41. The molecule has 0 atom stereocenters. The number of hydrogen-bond acceptors (Lipinski definition) is 2. The fraction of sp³-hybridized carbons (Fsp3) is 0.500. The van der Waals surface area contributed by atoms with Crippen molar-refractivity contribution in [3.05, 3.63) is 28.0 Å². The number of nitrogens with one attached hydrogen (secondary N) is 1. The van der Waals surface area contributed by atoms with Gasteiger partial charge in [-0.25, -0.2) is 0 Å². The number of pyridine rings is 1. The molecule has 3 heteroatoms. The van der Waals surface area contributed by atoms with Gasteiger partial charge >= 0.3 is 0 Å². The van der Waals surface area contributed by atoms with E-state index in [2.05, 4.69) is 46.1 Å². The molecule has 0 unspecified atom stereocenters. The lowest BCUT2D eigenvalue weighted by molar-refractivity contribution is 0.707. The van der Waals surface area contributed by atoms with Gasteiger partial charge in [-0.15, -0.1) is 0 Å². The zero-order chi connectivity index (χ0) is 9.68. The maximum absolute atomic E-state index is 4.32. The van der Waals surface area contributed by atoms with Crippen LogP contribution in [0.1, 0.15) is 18.2 Å². The number of hydrogen-bond donors (Lipinski definition) is 1. The van der Waals surface area contributed by atoms with Gasteiger partial charge in [-0.1, -0.05) is 6.92 Å². The Balaban J connectivity index is 2.53. The first-order valence-electron chi connectivity index (χ1n) is 4.55. The van der Waals surface area contributed by atoms with Crippen molar-refractivity contribution < 1.29 is 0 Å². The summed E-state index contributed by atoms with van der Waals surface area (Å²) in [6, 6.07) is 2.13. The molecular weight excluding hydrogens is 228 g/mol. The Labute approximate surface area is 87.9 Å². The van der Waals surface area contributed by atoms with Crippen molar-refractivity contribution in [1.82, 2.24) is 10.3 Å². The third kappa shape index (κ3) is 3.44. The standard InChI is InChI=1S/C10H15BrN2/c1-3-12-5-4-9-6-8(2)10(11)7-13-9/h6-7,12H,3-5H2,1-2H3. The highest BCUT2D eigenvalue weighted by Crippen LogP contribution is 2.14. The molecule has 1 aromatic heterocycles. The van der Waals surface area contributed by atoms with E-state index in [9.17, 15) is 0 Å². The van der Waals surface area contributed by atoms with E-state index in [1.54, 1.807) is 0 Å². The number of likely N-dealkylation sites (N-methyl/N-ethyl adjacent to an activating group) is 1. The van der Waals surface area contributed by atoms with Crippen LogP contribution in [-0.2, 0) is 6.42 Å². The average Bonchev–Trinajstić information content (AvgIpc) is 2.12. The highest BCUT2D eigenvalue weighted by molar-refractivity contribution is 9.10. The lowest BCUT2D eigenvalue weighted by atomic mass is 10.2. The Morgan fingerprint density at radius 2 is 2.31 bits per heavy atom. The second-order valence-electron chi connectivity index (χ2n) is 3.03. The number of halogens is 1. The number of aromatic nitrogens is 1. The Bertz CT molecular complexity index is 274. The molecule has 0 saturated heterocycles. The van der Waals surface area contributed by atoms with E-state index in [-0.39, 0.29) is 0 Å². The van der Waals surface area contributed by atoms with Gasteiger partial charge < -0.3 is 5.32 Å². The van der Waals surface area contributed by atoms with Gasteiger partial charge in [-0.3, -0.25) is 4.98 Å². The van der Waals surface area contributed by atoms with Crippen molar-refractivity contribution in [3.63, 3.8) is 0 Å². The Kier molecular flexibility index (Phi) is 4.39. The zero-order valence-corrected chi connectivity index (χ0v) is 9.69. The minimum absolute atomic E-state index is 1.00. The molecule has 1 N–H and O–H groups in total. The van der Waals surface area contributed by atoms with Gasteiger partial charge in [0.2, 0.25) is 0 Å². The van der Waals surface area contributed by atoms with Gasteiger partial charge in [-0.05, 0) is 41.0 Å². The topological polar surface area (TPSA) is 24.9 Å². The van der Waals surface area contributed by atoms with Gasteiger partial charge in [0.25, 0.3) is 0 Å². The predicted octanol–water partition coefficient (Wildman–Crippen LogP) is 2.30. The summed E-state index contributed by atoms with van der Waals surface area (Å²) >= 11 is 3.43. The van der Waals surface area contributed by atoms with Crippen molar-refractivity contribution in [1.29, 1.82) is 0 Å². The molecule has 1 aromatic rings. The fourth-order valence-corrected chi connectivity index (χ4v) is 1.34. The van der Waals surface area contributed by atoms with Gasteiger partial charge in [0, 0.05) is 29.3 Å². The smallest absolute Gasteiger partial charge is 0.0419 e. The molecule has 1 heterocycles. The van der Waals surface area contributed by atoms with Crippen LogP contribution in [0.2, 0.25) is 0 Å². The highest BCUT2D eigenvalue weighted by atomic mass is 79.9. The Hall–Kier alpha value is -0.410. The van der Waals surface area contributed by atoms with Crippen LogP contribution >= 0.6 is 15.9 Å². The van der Waals surface area contributed by atoms with Crippen LogP contribution in [-0.4, -0.2) is 18.1 Å². The van der Waals surface area contributed by atoms with Gasteiger partial charge in [-0.2, -0.15) is 0 Å². The van der Waals surface area contributed by atoms with Crippen molar-refractivity contribution >= 4 is 15.9 Å². The molecule has 0 fully saturated rings. The molecule has 2 nitrogen and oxygen atoms in total. The fourth-order valence-electron chi connectivity index (χ4n) is 1.13. The SMILES string of the molecule is CCNCCc1cc(C)c(Br)cn1. The van der Waals surface area contributed by atoms with Crippen molar-refractivity contribution in [2.24, 2.45) is 0 Å². The zero-order valence-electron chi connectivity index (χ0n) is 8.10. The molecule has 0 bridgehead atoms. The van der Waals surface area contributed by atoms with Crippen LogP contribution in [0.3, 0.4) is 0 Å². The van der Waals surface area contributed by atoms with E-state index in [0.29, 0.717) is 0 Å². The number of nitrogens with zero attached hydrogens (tertiary/aromatic N) is 1. The third-order valence-corrected chi connectivity index (χ3v) is 2.74. The largest absolute Gasteiger partial charge is 0.317 e. The summed E-state index contributed by atoms with van der Waals surface area (Å²) in [6.07, 6.45) is 2.87. The predicted molar refractivity (Wildman–Crippen MR) is 58.9 cm³/mol. The lowest BCUT2D eigenvalue weighted by Crippen LogP contribution is -2.16. The summed E-state index contributed by atoms with van der Waals surface area (Å²) in [4.78, 5) is 4.32. The summed E-state index contributed by atoms with van der Waals surface area (Å²) in [7, 11) is 0. The second-order valence-corrected chi connectivity index (χ2v) is 3.88. The average molecular weight is 243 g/mol. The molecule has 1 rings (SSSR count). The monoisotopic (exact) mass is 242 g/mol. The van der Waals surface area contributed by atoms with Crippen LogP contribution < -0.4 is 5.32 Å². The number of rotatable bonds is 4. The van der Waals surface area contributed by atoms with Gasteiger partial charge in [0.05, 0.1) is 0 Å². The maximum Gasteiger partial charge on any atom is 0.0419 e. The third-order valence-electron chi connectivity index (χ3n) is 1.91. The minimum atomic E-state index is 1.00. The maximum atomic E-state index is 4.32. The molecule has 0 spiro atoms. The van der Waals surface area contributed by atoms with Crippen LogP contribution in [0.15, 0.2) is 16.7 Å². The molecule has 72 valence electrons. The molecule has 0 amide bonds. The molecule has 13 heavy (non-hydrogen) atoms.